The molecule has 1 aromatic carbocycles. The van der Waals surface area contributed by atoms with Crippen LogP contribution in [0, 0.1) is 11.6 Å². The van der Waals surface area contributed by atoms with Crippen molar-refractivity contribution in [1.29, 1.82) is 0 Å². The van der Waals surface area contributed by atoms with E-state index >= 15 is 0 Å². The molecule has 0 radical (unpaired) electrons. The largest absolute Gasteiger partial charge is 0.381 e. The number of pyridine rings is 1. The summed E-state index contributed by atoms with van der Waals surface area (Å²) >= 11 is 0. The Morgan fingerprint density at radius 2 is 2.06 bits per heavy atom. The number of hydrogen-bond donors (Lipinski definition) is 1. The van der Waals surface area contributed by atoms with Crippen LogP contribution in [0.2, 0.25) is 0 Å². The zero-order valence-corrected chi connectivity index (χ0v) is 17.9. The van der Waals surface area contributed by atoms with E-state index in [1.54, 1.807) is 12.4 Å². The zero-order valence-electron chi connectivity index (χ0n) is 17.9. The van der Waals surface area contributed by atoms with Gasteiger partial charge in [-0.05, 0) is 25.1 Å². The molecule has 5 rings (SSSR count). The van der Waals surface area contributed by atoms with Crippen LogP contribution in [0.1, 0.15) is 18.3 Å². The lowest BCUT2D eigenvalue weighted by molar-refractivity contribution is -0.0714. The number of hydrogen-bond acceptors (Lipinski definition) is 7. The number of rotatable bonds is 6. The summed E-state index contributed by atoms with van der Waals surface area (Å²) < 4.78 is 31.7. The first-order valence-corrected chi connectivity index (χ1v) is 10.5. The Balaban J connectivity index is 1.46. The third-order valence-corrected chi connectivity index (χ3v) is 6.12. The molecule has 170 valence electrons. The van der Waals surface area contributed by atoms with Crippen molar-refractivity contribution in [2.45, 2.75) is 38.2 Å². The van der Waals surface area contributed by atoms with E-state index < -0.39 is 23.3 Å². The Morgan fingerprint density at radius 3 is 2.79 bits per heavy atom. The summed E-state index contributed by atoms with van der Waals surface area (Å²) in [5.41, 5.74) is -0.898. The van der Waals surface area contributed by atoms with Crippen molar-refractivity contribution in [1.82, 2.24) is 39.4 Å². The van der Waals surface area contributed by atoms with Crippen LogP contribution < -0.4 is 0 Å². The number of aromatic nitrogens is 7. The van der Waals surface area contributed by atoms with E-state index in [9.17, 15) is 13.9 Å². The molecule has 0 aliphatic carbocycles. The second-order valence-electron chi connectivity index (χ2n) is 8.10. The van der Waals surface area contributed by atoms with E-state index in [0.29, 0.717) is 25.5 Å². The molecule has 1 aliphatic heterocycles. The molecule has 3 aromatic heterocycles. The molecule has 0 spiro atoms. The normalized spacial score (nSPS) is 16.8. The third-order valence-electron chi connectivity index (χ3n) is 6.12. The number of aliphatic hydroxyl groups is 1. The van der Waals surface area contributed by atoms with Gasteiger partial charge in [0.05, 0.1) is 19.6 Å². The molecule has 0 saturated heterocycles. The molecule has 0 amide bonds. The molecule has 0 saturated carbocycles. The number of benzene rings is 1. The van der Waals surface area contributed by atoms with Gasteiger partial charge >= 0.3 is 0 Å². The predicted molar refractivity (Wildman–Crippen MR) is 113 cm³/mol. The number of fused-ring (bicyclic) bond motifs is 1. The molecule has 11 heteroatoms. The van der Waals surface area contributed by atoms with Crippen molar-refractivity contribution in [3.63, 3.8) is 0 Å². The minimum Gasteiger partial charge on any atom is -0.381 e. The van der Waals surface area contributed by atoms with Crippen LogP contribution >= 0.6 is 0 Å². The van der Waals surface area contributed by atoms with E-state index in [2.05, 4.69) is 25.1 Å². The lowest BCUT2D eigenvalue weighted by atomic mass is 9.85. The average molecular weight is 452 g/mol. The van der Waals surface area contributed by atoms with Crippen LogP contribution in [0.4, 0.5) is 8.78 Å². The van der Waals surface area contributed by atoms with E-state index in [1.165, 1.54) is 23.4 Å². The summed E-state index contributed by atoms with van der Waals surface area (Å²) in [6, 6.07) is 6.36. The van der Waals surface area contributed by atoms with Crippen molar-refractivity contribution in [2.24, 2.45) is 0 Å². The summed E-state index contributed by atoms with van der Waals surface area (Å²) in [4.78, 5) is 14.7. The van der Waals surface area contributed by atoms with Crippen molar-refractivity contribution in [2.75, 3.05) is 6.54 Å². The molecule has 0 fully saturated rings. The second-order valence-corrected chi connectivity index (χ2v) is 8.10. The van der Waals surface area contributed by atoms with Crippen LogP contribution in [-0.4, -0.2) is 57.1 Å². The van der Waals surface area contributed by atoms with Gasteiger partial charge in [-0.25, -0.2) is 28.1 Å². The van der Waals surface area contributed by atoms with Gasteiger partial charge in [0.25, 0.3) is 0 Å². The van der Waals surface area contributed by atoms with E-state index in [4.69, 9.17) is 0 Å². The van der Waals surface area contributed by atoms with Gasteiger partial charge in [0.15, 0.2) is 5.82 Å². The summed E-state index contributed by atoms with van der Waals surface area (Å²) in [5, 5.41) is 20.5. The molecule has 2 atom stereocenters. The van der Waals surface area contributed by atoms with Crippen molar-refractivity contribution in [3.8, 4) is 11.4 Å². The van der Waals surface area contributed by atoms with Gasteiger partial charge in [-0.2, -0.15) is 10.2 Å². The van der Waals surface area contributed by atoms with E-state index in [1.807, 2.05) is 28.6 Å². The van der Waals surface area contributed by atoms with Crippen LogP contribution in [-0.2, 0) is 25.2 Å². The molecule has 4 aromatic rings. The number of nitrogens with zero attached hydrogens (tertiary/aromatic N) is 8. The van der Waals surface area contributed by atoms with E-state index in [-0.39, 0.29) is 12.1 Å². The highest BCUT2D eigenvalue weighted by Gasteiger charge is 2.43. The van der Waals surface area contributed by atoms with Gasteiger partial charge in [-0.3, -0.25) is 9.88 Å². The first-order valence-electron chi connectivity index (χ1n) is 10.5. The van der Waals surface area contributed by atoms with E-state index in [0.717, 1.165) is 23.5 Å². The summed E-state index contributed by atoms with van der Waals surface area (Å²) in [5.74, 6) is -0.214. The highest BCUT2D eigenvalue weighted by molar-refractivity contribution is 5.52. The van der Waals surface area contributed by atoms with Gasteiger partial charge < -0.3 is 5.11 Å². The summed E-state index contributed by atoms with van der Waals surface area (Å²) in [6.07, 6.45) is 6.19. The predicted octanol–water partition coefficient (Wildman–Crippen LogP) is 2.00. The van der Waals surface area contributed by atoms with Crippen LogP contribution in [0.3, 0.4) is 0 Å². The van der Waals surface area contributed by atoms with Crippen LogP contribution in [0.5, 0.6) is 0 Å². The maximum absolute atomic E-state index is 14.8. The Hall–Kier alpha value is -3.57. The van der Waals surface area contributed by atoms with Gasteiger partial charge in [0.2, 0.25) is 0 Å². The molecular formula is C22H22F2N8O. The van der Waals surface area contributed by atoms with Gasteiger partial charge in [-0.15, -0.1) is 0 Å². The SMILES string of the molecule is CC(N1CCn2nc(-c3cccnc3)nc2C1)[C@](O)(Cn1cncn1)c1ccc(F)cc1F. The fraction of sp³-hybridized carbons (Fsp3) is 0.318. The summed E-state index contributed by atoms with van der Waals surface area (Å²) in [6.45, 7) is 3.27. The molecule has 1 unspecified atom stereocenters. The van der Waals surface area contributed by atoms with Gasteiger partial charge in [0, 0.05) is 42.2 Å². The average Bonchev–Trinajstić information content (AvgIpc) is 3.48. The number of halogens is 2. The zero-order chi connectivity index (χ0) is 23.0. The molecular weight excluding hydrogens is 430 g/mol. The molecule has 1 N–H and O–H groups in total. The van der Waals surface area contributed by atoms with Crippen LogP contribution in [0.15, 0.2) is 55.4 Å². The molecule has 9 nitrogen and oxygen atoms in total. The lowest BCUT2D eigenvalue weighted by Gasteiger charge is -2.42. The highest BCUT2D eigenvalue weighted by atomic mass is 19.1. The van der Waals surface area contributed by atoms with Gasteiger partial charge in [0.1, 0.15) is 35.7 Å². The Morgan fingerprint density at radius 1 is 1.18 bits per heavy atom. The quantitative estimate of drug-likeness (QED) is 0.478. The van der Waals surface area contributed by atoms with Crippen LogP contribution in [0.25, 0.3) is 11.4 Å². The van der Waals surface area contributed by atoms with Crippen molar-refractivity contribution < 1.29 is 13.9 Å². The first kappa shape index (κ1) is 21.3. The monoisotopic (exact) mass is 452 g/mol. The second kappa shape index (κ2) is 8.41. The lowest BCUT2D eigenvalue weighted by Crippen LogP contribution is -2.53. The Bertz CT molecular complexity index is 1250. The molecule has 4 heterocycles. The Labute approximate surface area is 188 Å². The fourth-order valence-electron chi connectivity index (χ4n) is 4.25. The molecule has 0 bridgehead atoms. The Kier molecular flexibility index (Phi) is 5.43. The fourth-order valence-corrected chi connectivity index (χ4v) is 4.25. The van der Waals surface area contributed by atoms with Crippen molar-refractivity contribution >= 4 is 0 Å². The molecule has 33 heavy (non-hydrogen) atoms. The topological polar surface area (TPSA) is 97.8 Å². The van der Waals surface area contributed by atoms with Crippen molar-refractivity contribution in [3.05, 3.63) is 78.4 Å². The minimum atomic E-state index is -1.71. The maximum Gasteiger partial charge on any atom is 0.182 e. The highest BCUT2D eigenvalue weighted by Crippen LogP contribution is 2.34. The first-order chi connectivity index (χ1) is 15.9. The van der Waals surface area contributed by atoms with Gasteiger partial charge in [-0.1, -0.05) is 6.07 Å². The summed E-state index contributed by atoms with van der Waals surface area (Å²) in [7, 11) is 0. The maximum atomic E-state index is 14.8. The smallest absolute Gasteiger partial charge is 0.182 e. The standard InChI is InChI=1S/C22H22F2N8O/c1-15(22(33,12-31-14-26-13-27-31)18-5-4-17(23)9-19(18)24)30-7-8-32-20(11-30)28-21(29-32)16-3-2-6-25-10-16/h2-6,9-10,13-15,33H,7-8,11-12H2,1H3/t15?,22-/m1/s1. The molecule has 1 aliphatic rings. The minimum absolute atomic E-state index is 0.00464. The third kappa shape index (κ3) is 4.00.